The first kappa shape index (κ1) is 30.9. The smallest absolute Gasteiger partial charge is 0.313 e. The molecule has 2 fully saturated rings. The normalized spacial score (nSPS) is 38.2. The molecule has 0 aromatic heterocycles. The van der Waals surface area contributed by atoms with Crippen LogP contribution in [0.5, 0.6) is 0 Å². The van der Waals surface area contributed by atoms with Crippen molar-refractivity contribution in [2.75, 3.05) is 11.5 Å². The summed E-state index contributed by atoms with van der Waals surface area (Å²) in [5.74, 6) is -0.926. The second kappa shape index (κ2) is 10.1. The van der Waals surface area contributed by atoms with Crippen LogP contribution in [-0.2, 0) is 38.7 Å². The predicted molar refractivity (Wildman–Crippen MR) is 147 cm³/mol. The summed E-state index contributed by atoms with van der Waals surface area (Å²) >= 11 is 0. The van der Waals surface area contributed by atoms with Crippen LogP contribution in [0.2, 0.25) is 0 Å². The third-order valence-corrected chi connectivity index (χ3v) is 12.9. The van der Waals surface area contributed by atoms with E-state index in [4.69, 9.17) is 9.47 Å². The molecule has 0 aromatic carbocycles. The third-order valence-electron chi connectivity index (χ3n) is 8.44. The van der Waals surface area contributed by atoms with Gasteiger partial charge in [-0.1, -0.05) is 65.8 Å². The second-order valence-corrected chi connectivity index (χ2v) is 18.1. The molecular weight excluding hydrogens is 528 g/mol. The van der Waals surface area contributed by atoms with Crippen molar-refractivity contribution >= 4 is 31.6 Å². The Morgan fingerprint density at radius 3 is 1.29 bits per heavy atom. The number of carbonyl (C=O) groups is 2. The molecule has 0 unspecified atom stereocenters. The van der Waals surface area contributed by atoms with Gasteiger partial charge in [-0.15, -0.1) is 0 Å². The highest BCUT2D eigenvalue weighted by Gasteiger charge is 2.55. The van der Waals surface area contributed by atoms with Crippen LogP contribution in [0.25, 0.3) is 0 Å². The number of ether oxygens (including phenoxy) is 2. The number of carbonyl (C=O) groups excluding carboxylic acids is 2. The standard InChI is InChI=1S/2C14H22O4S/c2*1-13(2,3)10-9-19(16,17)11-7-5-6-8-14(11,4)12(15)18-10/h2*5,7,10-11H,6,8-9H2,1-4H3/t2*10-,11+,14+/m00/s1. The van der Waals surface area contributed by atoms with E-state index in [1.54, 1.807) is 26.0 Å². The molecule has 2 aliphatic heterocycles. The van der Waals surface area contributed by atoms with E-state index >= 15 is 0 Å². The average molecular weight is 573 g/mol. The van der Waals surface area contributed by atoms with Crippen molar-refractivity contribution in [1.82, 2.24) is 0 Å². The molecule has 0 saturated carbocycles. The monoisotopic (exact) mass is 572 g/mol. The second-order valence-electron chi connectivity index (χ2n) is 13.8. The van der Waals surface area contributed by atoms with Gasteiger partial charge in [-0.2, -0.15) is 0 Å². The molecule has 2 saturated heterocycles. The lowest BCUT2D eigenvalue weighted by atomic mass is 9.78. The summed E-state index contributed by atoms with van der Waals surface area (Å²) in [6, 6.07) is 0. The Bertz CT molecular complexity index is 1120. The Labute approximate surface area is 228 Å². The van der Waals surface area contributed by atoms with E-state index in [0.29, 0.717) is 12.8 Å². The van der Waals surface area contributed by atoms with Crippen molar-refractivity contribution in [2.45, 2.75) is 104 Å². The molecule has 8 nitrogen and oxygen atoms in total. The van der Waals surface area contributed by atoms with E-state index in [9.17, 15) is 26.4 Å². The van der Waals surface area contributed by atoms with Crippen LogP contribution in [0.3, 0.4) is 0 Å². The molecule has 0 amide bonds. The van der Waals surface area contributed by atoms with Gasteiger partial charge in [-0.25, -0.2) is 16.8 Å². The van der Waals surface area contributed by atoms with E-state index in [1.807, 2.05) is 53.7 Å². The predicted octanol–water partition coefficient (Wildman–Crippen LogP) is 4.20. The molecule has 4 rings (SSSR count). The minimum absolute atomic E-state index is 0.0904. The van der Waals surface area contributed by atoms with Crippen molar-refractivity contribution < 1.29 is 35.9 Å². The highest BCUT2D eigenvalue weighted by Crippen LogP contribution is 2.44. The third kappa shape index (κ3) is 5.91. The number of hydrogen-bond acceptors (Lipinski definition) is 8. The SMILES string of the molecule is CC(C)(C)[C@@H]1CS(=O)(=O)[C@@H]2C=CCC[C@@]2(C)C(=O)O1.CC(C)(C)[C@@H]1CS(=O)(=O)[C@@H]2C=CCC[C@@]2(C)C(=O)O1. The van der Waals surface area contributed by atoms with E-state index in [1.165, 1.54) is 0 Å². The Kier molecular flexibility index (Phi) is 8.17. The van der Waals surface area contributed by atoms with Crippen LogP contribution in [0.4, 0.5) is 0 Å². The fraction of sp³-hybridized carbons (Fsp3) is 0.786. The highest BCUT2D eigenvalue weighted by atomic mass is 32.2. The summed E-state index contributed by atoms with van der Waals surface area (Å²) in [6.45, 7) is 14.8. The molecule has 0 N–H and O–H groups in total. The molecule has 10 heteroatoms. The lowest BCUT2D eigenvalue weighted by Gasteiger charge is -2.33. The van der Waals surface area contributed by atoms with Gasteiger partial charge in [0.2, 0.25) is 0 Å². The van der Waals surface area contributed by atoms with E-state index in [0.717, 1.165) is 12.8 Å². The summed E-state index contributed by atoms with van der Waals surface area (Å²) in [5, 5.41) is -1.48. The molecule has 0 bridgehead atoms. The zero-order chi connectivity index (χ0) is 28.9. The maximum atomic E-state index is 12.6. The molecule has 216 valence electrons. The minimum atomic E-state index is -3.38. The number of sulfone groups is 2. The van der Waals surface area contributed by atoms with Crippen LogP contribution >= 0.6 is 0 Å². The van der Waals surface area contributed by atoms with Crippen LogP contribution in [-0.4, -0.2) is 63.0 Å². The maximum Gasteiger partial charge on any atom is 0.313 e. The van der Waals surface area contributed by atoms with E-state index in [-0.39, 0.29) is 34.3 Å². The van der Waals surface area contributed by atoms with Crippen molar-refractivity contribution in [3.63, 3.8) is 0 Å². The zero-order valence-electron chi connectivity index (χ0n) is 23.9. The quantitative estimate of drug-likeness (QED) is 0.313. The number of esters is 2. The van der Waals surface area contributed by atoms with Gasteiger partial charge in [-0.3, -0.25) is 9.59 Å². The van der Waals surface area contributed by atoms with Crippen LogP contribution in [0, 0.1) is 21.7 Å². The van der Waals surface area contributed by atoms with Gasteiger partial charge < -0.3 is 9.47 Å². The molecule has 38 heavy (non-hydrogen) atoms. The summed E-state index contributed by atoms with van der Waals surface area (Å²) in [6.07, 6.45) is 8.39. The summed E-state index contributed by atoms with van der Waals surface area (Å²) < 4.78 is 61.3. The Morgan fingerprint density at radius 2 is 1.00 bits per heavy atom. The van der Waals surface area contributed by atoms with Gasteiger partial charge in [0.05, 0.1) is 32.8 Å². The molecule has 2 aliphatic carbocycles. The minimum Gasteiger partial charge on any atom is -0.460 e. The van der Waals surface area contributed by atoms with Gasteiger partial charge in [0.1, 0.15) is 12.2 Å². The number of rotatable bonds is 0. The Morgan fingerprint density at radius 1 is 0.684 bits per heavy atom. The fourth-order valence-corrected chi connectivity index (χ4v) is 10.6. The van der Waals surface area contributed by atoms with Crippen molar-refractivity contribution in [2.24, 2.45) is 21.7 Å². The fourth-order valence-electron chi connectivity index (χ4n) is 5.46. The van der Waals surface area contributed by atoms with Crippen LogP contribution in [0.1, 0.15) is 81.1 Å². The van der Waals surface area contributed by atoms with Gasteiger partial charge >= 0.3 is 11.9 Å². The molecule has 4 aliphatic rings. The summed E-state index contributed by atoms with van der Waals surface area (Å²) in [7, 11) is -6.75. The van der Waals surface area contributed by atoms with Crippen molar-refractivity contribution in [3.05, 3.63) is 24.3 Å². The first-order valence-corrected chi connectivity index (χ1v) is 16.8. The van der Waals surface area contributed by atoms with Gasteiger partial charge in [0.15, 0.2) is 19.7 Å². The van der Waals surface area contributed by atoms with E-state index in [2.05, 4.69) is 0 Å². The zero-order valence-corrected chi connectivity index (χ0v) is 25.6. The molecule has 0 radical (unpaired) electrons. The molecule has 6 atom stereocenters. The number of allylic oxidation sites excluding steroid dienone is 2. The average Bonchev–Trinajstić information content (AvgIpc) is 2.90. The van der Waals surface area contributed by atoms with Crippen molar-refractivity contribution in [3.8, 4) is 0 Å². The molecule has 0 spiro atoms. The Balaban J connectivity index is 0.000000211. The topological polar surface area (TPSA) is 121 Å². The van der Waals surface area contributed by atoms with Gasteiger partial charge in [0.25, 0.3) is 0 Å². The first-order valence-electron chi connectivity index (χ1n) is 13.3. The number of hydrogen-bond donors (Lipinski definition) is 0. The first-order chi connectivity index (χ1) is 17.1. The number of cyclic esters (lactones) is 2. The highest BCUT2D eigenvalue weighted by molar-refractivity contribution is 7.92. The molecule has 2 heterocycles. The van der Waals surface area contributed by atoms with Crippen LogP contribution < -0.4 is 0 Å². The van der Waals surface area contributed by atoms with Gasteiger partial charge in [0, 0.05) is 0 Å². The lowest BCUT2D eigenvalue weighted by molar-refractivity contribution is -0.164. The molecular formula is C28H44O8S2. The van der Waals surface area contributed by atoms with Gasteiger partial charge in [-0.05, 0) is 50.4 Å². The number of fused-ring (bicyclic) bond motifs is 2. The Hall–Kier alpha value is -1.68. The van der Waals surface area contributed by atoms with E-state index < -0.39 is 53.2 Å². The largest absolute Gasteiger partial charge is 0.460 e. The van der Waals surface area contributed by atoms with Crippen molar-refractivity contribution in [1.29, 1.82) is 0 Å². The lowest BCUT2D eigenvalue weighted by Crippen LogP contribution is -2.44. The summed E-state index contributed by atoms with van der Waals surface area (Å²) in [5.41, 5.74) is -2.63. The van der Waals surface area contributed by atoms with Crippen LogP contribution in [0.15, 0.2) is 24.3 Å². The molecule has 0 aromatic rings. The maximum absolute atomic E-state index is 12.6. The summed E-state index contributed by atoms with van der Waals surface area (Å²) in [4.78, 5) is 24.8.